The van der Waals surface area contributed by atoms with E-state index in [1.807, 2.05) is 13.8 Å². The number of hydrogen-bond acceptors (Lipinski definition) is 2. The molecule has 1 aromatic heterocycles. The lowest BCUT2D eigenvalue weighted by atomic mass is 10.1. The van der Waals surface area contributed by atoms with Crippen LogP contribution in [-0.4, -0.2) is 23.9 Å². The minimum Gasteiger partial charge on any atom is -0.487 e. The first-order chi connectivity index (χ1) is 7.83. The molecule has 0 aliphatic heterocycles. The summed E-state index contributed by atoms with van der Waals surface area (Å²) in [4.78, 5) is 4.00. The number of aromatic nitrogens is 1. The van der Waals surface area contributed by atoms with Crippen LogP contribution >= 0.6 is 0 Å². The summed E-state index contributed by atoms with van der Waals surface area (Å²) in [7, 11) is 0. The van der Waals surface area contributed by atoms with Crippen LogP contribution < -0.4 is 4.74 Å². The van der Waals surface area contributed by atoms with E-state index in [-0.39, 0.29) is 11.7 Å². The van der Waals surface area contributed by atoms with Gasteiger partial charge in [0.15, 0.2) is 6.61 Å². The van der Waals surface area contributed by atoms with E-state index in [0.717, 1.165) is 0 Å². The third-order valence-electron chi connectivity index (χ3n) is 2.09. The number of halogens is 4. The van der Waals surface area contributed by atoms with Crippen LogP contribution in [0, 0.1) is 0 Å². The Bertz CT molecular complexity index is 368. The van der Waals surface area contributed by atoms with Gasteiger partial charge in [0.2, 0.25) is 0 Å². The lowest BCUT2D eigenvalue weighted by Gasteiger charge is -2.16. The van der Waals surface area contributed by atoms with Crippen molar-refractivity contribution in [3.05, 3.63) is 24.0 Å². The zero-order valence-corrected chi connectivity index (χ0v) is 9.46. The topological polar surface area (TPSA) is 22.1 Å². The predicted molar refractivity (Wildman–Crippen MR) is 54.8 cm³/mol. The van der Waals surface area contributed by atoms with Crippen molar-refractivity contribution in [2.75, 3.05) is 6.61 Å². The Morgan fingerprint density at radius 3 is 2.53 bits per heavy atom. The largest absolute Gasteiger partial charge is 0.487 e. The van der Waals surface area contributed by atoms with Crippen molar-refractivity contribution >= 4 is 0 Å². The second kappa shape index (κ2) is 5.33. The molecule has 0 spiro atoms. The molecule has 0 aliphatic rings. The average molecular weight is 251 g/mol. The molecular weight excluding hydrogens is 238 g/mol. The Labute approximate surface area is 96.6 Å². The van der Waals surface area contributed by atoms with Crippen molar-refractivity contribution in [2.45, 2.75) is 32.1 Å². The standard InChI is InChI=1S/C11H13F4NO/c1-7(2)9-5-8(3-4-16-9)17-6-11(14,15)10(12)13/h3-5,7,10H,6H2,1-2H3. The Kier molecular flexibility index (Phi) is 4.31. The summed E-state index contributed by atoms with van der Waals surface area (Å²) in [5.74, 6) is -3.92. The number of pyridine rings is 1. The van der Waals surface area contributed by atoms with Gasteiger partial charge in [-0.2, -0.15) is 8.78 Å². The van der Waals surface area contributed by atoms with Gasteiger partial charge < -0.3 is 4.74 Å². The molecule has 2 nitrogen and oxygen atoms in total. The minimum absolute atomic E-state index is 0.106. The Balaban J connectivity index is 2.67. The number of rotatable bonds is 5. The maximum Gasteiger partial charge on any atom is 0.340 e. The van der Waals surface area contributed by atoms with Gasteiger partial charge in [0.1, 0.15) is 5.75 Å². The third-order valence-corrected chi connectivity index (χ3v) is 2.09. The molecule has 0 unspecified atom stereocenters. The van der Waals surface area contributed by atoms with Gasteiger partial charge in [0.05, 0.1) is 0 Å². The van der Waals surface area contributed by atoms with E-state index in [2.05, 4.69) is 9.72 Å². The fourth-order valence-corrected chi connectivity index (χ4v) is 1.08. The number of hydrogen-bond donors (Lipinski definition) is 0. The molecule has 0 aromatic carbocycles. The van der Waals surface area contributed by atoms with Crippen LogP contribution in [0.4, 0.5) is 17.6 Å². The van der Waals surface area contributed by atoms with Gasteiger partial charge in [-0.1, -0.05) is 13.8 Å². The predicted octanol–water partition coefficient (Wildman–Crippen LogP) is 3.48. The Hall–Kier alpha value is -1.33. The minimum atomic E-state index is -4.14. The monoisotopic (exact) mass is 251 g/mol. The smallest absolute Gasteiger partial charge is 0.340 e. The molecule has 0 N–H and O–H groups in total. The Morgan fingerprint density at radius 1 is 1.35 bits per heavy atom. The maximum atomic E-state index is 12.6. The highest BCUT2D eigenvalue weighted by molar-refractivity contribution is 5.24. The van der Waals surface area contributed by atoms with E-state index in [9.17, 15) is 17.6 Å². The van der Waals surface area contributed by atoms with E-state index >= 15 is 0 Å². The molecular formula is C11H13F4NO. The highest BCUT2D eigenvalue weighted by Crippen LogP contribution is 2.25. The van der Waals surface area contributed by atoms with Gasteiger partial charge in [-0.25, -0.2) is 8.78 Å². The molecule has 1 heterocycles. The molecule has 1 aromatic rings. The van der Waals surface area contributed by atoms with Gasteiger partial charge in [0, 0.05) is 18.0 Å². The normalized spacial score (nSPS) is 12.2. The molecule has 6 heteroatoms. The SMILES string of the molecule is CC(C)c1cc(OCC(F)(F)C(F)F)ccn1. The molecule has 0 saturated carbocycles. The van der Waals surface area contributed by atoms with E-state index in [4.69, 9.17) is 0 Å². The number of ether oxygens (including phenoxy) is 1. The molecule has 0 aliphatic carbocycles. The second-order valence-electron chi connectivity index (χ2n) is 3.92. The van der Waals surface area contributed by atoms with Crippen molar-refractivity contribution in [2.24, 2.45) is 0 Å². The van der Waals surface area contributed by atoms with E-state index in [1.165, 1.54) is 18.3 Å². The fraction of sp³-hybridized carbons (Fsp3) is 0.545. The van der Waals surface area contributed by atoms with Crippen LogP contribution in [0.15, 0.2) is 18.3 Å². The number of nitrogens with zero attached hydrogens (tertiary/aromatic N) is 1. The maximum absolute atomic E-state index is 12.6. The van der Waals surface area contributed by atoms with Crippen LogP contribution in [0.2, 0.25) is 0 Å². The van der Waals surface area contributed by atoms with Crippen LogP contribution in [0.1, 0.15) is 25.5 Å². The van der Waals surface area contributed by atoms with Crippen molar-refractivity contribution in [3.8, 4) is 5.75 Å². The molecule has 0 atom stereocenters. The zero-order valence-electron chi connectivity index (χ0n) is 9.46. The van der Waals surface area contributed by atoms with Crippen molar-refractivity contribution in [1.29, 1.82) is 0 Å². The first-order valence-corrected chi connectivity index (χ1v) is 5.07. The average Bonchev–Trinajstić information content (AvgIpc) is 2.26. The van der Waals surface area contributed by atoms with Gasteiger partial charge in [-0.15, -0.1) is 0 Å². The van der Waals surface area contributed by atoms with Crippen LogP contribution in [0.5, 0.6) is 5.75 Å². The lowest BCUT2D eigenvalue weighted by molar-refractivity contribution is -0.148. The summed E-state index contributed by atoms with van der Waals surface area (Å²) in [5.41, 5.74) is 0.655. The lowest BCUT2D eigenvalue weighted by Crippen LogP contribution is -2.33. The van der Waals surface area contributed by atoms with E-state index in [0.29, 0.717) is 5.69 Å². The van der Waals surface area contributed by atoms with Gasteiger partial charge >= 0.3 is 12.3 Å². The van der Waals surface area contributed by atoms with E-state index < -0.39 is 19.0 Å². The summed E-state index contributed by atoms with van der Waals surface area (Å²) in [6.07, 6.45) is -2.33. The van der Waals surface area contributed by atoms with Crippen molar-refractivity contribution < 1.29 is 22.3 Å². The van der Waals surface area contributed by atoms with Crippen LogP contribution in [0.25, 0.3) is 0 Å². The second-order valence-corrected chi connectivity index (χ2v) is 3.92. The molecule has 96 valence electrons. The van der Waals surface area contributed by atoms with E-state index in [1.54, 1.807) is 0 Å². The van der Waals surface area contributed by atoms with Gasteiger partial charge in [-0.3, -0.25) is 4.98 Å². The number of alkyl halides is 4. The molecule has 0 radical (unpaired) electrons. The molecule has 0 saturated heterocycles. The highest BCUT2D eigenvalue weighted by Gasteiger charge is 2.41. The fourth-order valence-electron chi connectivity index (χ4n) is 1.08. The summed E-state index contributed by atoms with van der Waals surface area (Å²) >= 11 is 0. The zero-order chi connectivity index (χ0) is 13.1. The van der Waals surface area contributed by atoms with Crippen molar-refractivity contribution in [3.63, 3.8) is 0 Å². The quantitative estimate of drug-likeness (QED) is 0.747. The molecule has 1 rings (SSSR count). The molecule has 0 fully saturated rings. The molecule has 0 bridgehead atoms. The summed E-state index contributed by atoms with van der Waals surface area (Å²) in [5, 5.41) is 0. The molecule has 0 amide bonds. The van der Waals surface area contributed by atoms with Crippen LogP contribution in [-0.2, 0) is 0 Å². The molecule has 17 heavy (non-hydrogen) atoms. The summed E-state index contributed by atoms with van der Waals surface area (Å²) in [6.45, 7) is 2.41. The summed E-state index contributed by atoms with van der Waals surface area (Å²) < 4.78 is 53.6. The first kappa shape index (κ1) is 13.7. The first-order valence-electron chi connectivity index (χ1n) is 5.07. The van der Waals surface area contributed by atoms with Crippen LogP contribution in [0.3, 0.4) is 0 Å². The van der Waals surface area contributed by atoms with Gasteiger partial charge in [0.25, 0.3) is 0 Å². The van der Waals surface area contributed by atoms with Crippen molar-refractivity contribution in [1.82, 2.24) is 4.98 Å². The van der Waals surface area contributed by atoms with Gasteiger partial charge in [-0.05, 0) is 12.0 Å². The Morgan fingerprint density at radius 2 is 2.00 bits per heavy atom. The third kappa shape index (κ3) is 3.87. The summed E-state index contributed by atoms with van der Waals surface area (Å²) in [6, 6.07) is 2.82. The highest BCUT2D eigenvalue weighted by atomic mass is 19.3.